The fourth-order valence-corrected chi connectivity index (χ4v) is 10.9. The Morgan fingerprint density at radius 1 is 0.974 bits per heavy atom. The zero-order chi connectivity index (χ0) is 28.4. The van der Waals surface area contributed by atoms with Crippen molar-refractivity contribution in [2.24, 2.45) is 44.8 Å². The number of nitriles is 1. The van der Waals surface area contributed by atoms with Crippen LogP contribution in [0.4, 0.5) is 0 Å². The molecule has 0 bridgehead atoms. The highest BCUT2D eigenvalue weighted by molar-refractivity contribution is 6.04. The molecule has 0 spiro atoms. The monoisotopic (exact) mass is 531 g/mol. The summed E-state index contributed by atoms with van der Waals surface area (Å²) in [6.07, 6.45) is 11.2. The minimum atomic E-state index is -0.652. The predicted octanol–water partition coefficient (Wildman–Crippen LogP) is 5.70. The topological polar surface area (TPSA) is 90.3 Å². The number of hydrogen-bond donors (Lipinski definition) is 1. The highest BCUT2D eigenvalue weighted by Gasteiger charge is 2.70. The molecule has 6 rings (SSSR count). The van der Waals surface area contributed by atoms with Crippen LogP contribution in [-0.2, 0) is 14.4 Å². The quantitative estimate of drug-likeness (QED) is 0.469. The van der Waals surface area contributed by atoms with Crippen LogP contribution in [0.25, 0.3) is 0 Å². The van der Waals surface area contributed by atoms with Crippen LogP contribution in [0, 0.1) is 56.2 Å². The number of nitrogens with one attached hydrogen (secondary N) is 1. The summed E-state index contributed by atoms with van der Waals surface area (Å²) in [7, 11) is 0. The SMILES string of the molecule is CC1(C)CC[C@]2(N3CCC(=O)N3)CC[C@]3(C)[C@H](C(=O)C=C4[C@@]5(C)C=C(C#N)C(=O)C(C)(C)C5CC[C@]43C)C2C1. The van der Waals surface area contributed by atoms with Crippen LogP contribution >= 0.6 is 0 Å². The zero-order valence-corrected chi connectivity index (χ0v) is 24.9. The Morgan fingerprint density at radius 3 is 2.31 bits per heavy atom. The van der Waals surface area contributed by atoms with Gasteiger partial charge in [-0.05, 0) is 79.1 Å². The van der Waals surface area contributed by atoms with Crippen LogP contribution in [0.5, 0.6) is 0 Å². The summed E-state index contributed by atoms with van der Waals surface area (Å²) in [6, 6.07) is 2.20. The van der Waals surface area contributed by atoms with Crippen LogP contribution in [0.3, 0.4) is 0 Å². The molecule has 0 aromatic carbocycles. The summed E-state index contributed by atoms with van der Waals surface area (Å²) in [5.74, 6) is 0.341. The molecule has 1 heterocycles. The molecule has 5 aliphatic carbocycles. The second kappa shape index (κ2) is 7.93. The van der Waals surface area contributed by atoms with Gasteiger partial charge in [-0.1, -0.05) is 60.1 Å². The normalized spacial score (nSPS) is 46.5. The van der Waals surface area contributed by atoms with E-state index in [4.69, 9.17) is 0 Å². The first-order chi connectivity index (χ1) is 18.1. The fourth-order valence-electron chi connectivity index (χ4n) is 10.9. The molecule has 6 heteroatoms. The third-order valence-electron chi connectivity index (χ3n) is 13.2. The van der Waals surface area contributed by atoms with Gasteiger partial charge in [0, 0.05) is 35.3 Å². The standard InChI is InChI=1S/C33H45N3O3/c1-28(2)11-13-33(36-15-9-25(38)35-36)14-12-32(7)26(21(33)18-28)22(37)16-24-30(5)17-20(19-34)27(39)29(3,4)23(30)8-10-31(24,32)6/h16-17,21,23,26H,8-15,18H2,1-7H3,(H,35,38)/t21?,23?,26-,30-,31+,32+,33-/m0/s1. The first-order valence-corrected chi connectivity index (χ1v) is 15.1. The van der Waals surface area contributed by atoms with Gasteiger partial charge < -0.3 is 0 Å². The van der Waals surface area contributed by atoms with E-state index in [1.807, 2.05) is 26.0 Å². The predicted molar refractivity (Wildman–Crippen MR) is 149 cm³/mol. The van der Waals surface area contributed by atoms with Gasteiger partial charge in [-0.25, -0.2) is 5.01 Å². The maximum absolute atomic E-state index is 14.6. The lowest BCUT2D eigenvalue weighted by Crippen LogP contribution is -2.70. The summed E-state index contributed by atoms with van der Waals surface area (Å²) in [5.41, 5.74) is 2.92. The van der Waals surface area contributed by atoms with Crippen LogP contribution in [0.2, 0.25) is 0 Å². The number of carbonyl (C=O) groups is 3. The minimum Gasteiger partial charge on any atom is -0.295 e. The molecule has 0 aromatic heterocycles. The number of fused-ring (bicyclic) bond motifs is 7. The highest BCUT2D eigenvalue weighted by Crippen LogP contribution is 2.73. The molecule has 3 saturated carbocycles. The number of allylic oxidation sites excluding steroid dienone is 4. The number of Topliss-reactive ketones (excluding diaryl/α,β-unsaturated/α-hetero) is 1. The Kier molecular flexibility index (Phi) is 5.48. The first kappa shape index (κ1) is 26.9. The summed E-state index contributed by atoms with van der Waals surface area (Å²) in [4.78, 5) is 40.2. The number of hydrogen-bond acceptors (Lipinski definition) is 5. The number of hydrazine groups is 1. The average Bonchev–Trinajstić information content (AvgIpc) is 3.29. The van der Waals surface area contributed by atoms with Crippen molar-refractivity contribution in [2.75, 3.05) is 6.54 Å². The van der Waals surface area contributed by atoms with E-state index < -0.39 is 10.8 Å². The van der Waals surface area contributed by atoms with Gasteiger partial charge in [-0.15, -0.1) is 0 Å². The Hall–Kier alpha value is -2.26. The van der Waals surface area contributed by atoms with Crippen molar-refractivity contribution in [3.05, 3.63) is 23.3 Å². The number of nitrogens with zero attached hydrogens (tertiary/aromatic N) is 2. The number of rotatable bonds is 1. The molecule has 0 radical (unpaired) electrons. The smallest absolute Gasteiger partial charge is 0.235 e. The number of ketones is 2. The van der Waals surface area contributed by atoms with Gasteiger partial charge in [0.25, 0.3) is 0 Å². The van der Waals surface area contributed by atoms with Crippen LogP contribution in [0.1, 0.15) is 99.8 Å². The van der Waals surface area contributed by atoms with Crippen molar-refractivity contribution in [2.45, 2.75) is 105 Å². The van der Waals surface area contributed by atoms with Gasteiger partial charge in [0.1, 0.15) is 6.07 Å². The Morgan fingerprint density at radius 2 is 1.67 bits per heavy atom. The molecule has 0 aromatic rings. The molecule has 1 N–H and O–H groups in total. The lowest BCUT2D eigenvalue weighted by Gasteiger charge is -2.70. The number of amides is 1. The second-order valence-corrected chi connectivity index (χ2v) is 15.8. The Bertz CT molecular complexity index is 1290. The minimum absolute atomic E-state index is 0.0537. The maximum Gasteiger partial charge on any atom is 0.235 e. The molecule has 1 saturated heterocycles. The van der Waals surface area contributed by atoms with Gasteiger partial charge in [0.05, 0.1) is 5.57 Å². The van der Waals surface area contributed by atoms with Crippen molar-refractivity contribution in [1.29, 1.82) is 5.26 Å². The van der Waals surface area contributed by atoms with Crippen LogP contribution in [0.15, 0.2) is 23.3 Å². The van der Waals surface area contributed by atoms with E-state index in [1.165, 1.54) is 0 Å². The molecule has 6 aliphatic rings. The largest absolute Gasteiger partial charge is 0.295 e. The summed E-state index contributed by atoms with van der Waals surface area (Å²) in [5, 5.41) is 12.2. The van der Waals surface area contributed by atoms with Crippen molar-refractivity contribution in [3.63, 3.8) is 0 Å². The van der Waals surface area contributed by atoms with Crippen molar-refractivity contribution >= 4 is 17.5 Å². The van der Waals surface area contributed by atoms with E-state index in [2.05, 4.69) is 51.1 Å². The molecule has 2 unspecified atom stereocenters. The zero-order valence-electron chi connectivity index (χ0n) is 24.9. The van der Waals surface area contributed by atoms with Crippen molar-refractivity contribution in [3.8, 4) is 6.07 Å². The third-order valence-corrected chi connectivity index (χ3v) is 13.2. The molecule has 1 amide bonds. The summed E-state index contributed by atoms with van der Waals surface area (Å²) >= 11 is 0. The first-order valence-electron chi connectivity index (χ1n) is 15.1. The van der Waals surface area contributed by atoms with E-state index in [-0.39, 0.29) is 62.6 Å². The molecular weight excluding hydrogens is 486 g/mol. The molecule has 1 aliphatic heterocycles. The van der Waals surface area contributed by atoms with E-state index in [9.17, 15) is 19.6 Å². The van der Waals surface area contributed by atoms with Crippen LogP contribution < -0.4 is 5.43 Å². The number of carbonyl (C=O) groups excluding carboxylic acids is 3. The van der Waals surface area contributed by atoms with Gasteiger partial charge in [-0.2, -0.15) is 5.26 Å². The van der Waals surface area contributed by atoms with Crippen molar-refractivity contribution < 1.29 is 14.4 Å². The average molecular weight is 532 g/mol. The Labute approximate surface area is 233 Å². The van der Waals surface area contributed by atoms with E-state index in [0.29, 0.717) is 6.42 Å². The van der Waals surface area contributed by atoms with E-state index in [1.54, 1.807) is 0 Å². The maximum atomic E-state index is 14.6. The lowest BCUT2D eigenvalue weighted by atomic mass is 9.35. The lowest BCUT2D eigenvalue weighted by molar-refractivity contribution is -0.181. The molecule has 39 heavy (non-hydrogen) atoms. The van der Waals surface area contributed by atoms with Crippen LogP contribution in [-0.4, -0.2) is 34.6 Å². The highest BCUT2D eigenvalue weighted by atomic mass is 16.2. The second-order valence-electron chi connectivity index (χ2n) is 15.8. The van der Waals surface area contributed by atoms with E-state index >= 15 is 0 Å². The molecular formula is C33H45N3O3. The third kappa shape index (κ3) is 3.26. The molecule has 210 valence electrons. The van der Waals surface area contributed by atoms with Gasteiger partial charge >= 0.3 is 0 Å². The summed E-state index contributed by atoms with van der Waals surface area (Å²) < 4.78 is 0. The summed E-state index contributed by atoms with van der Waals surface area (Å²) in [6.45, 7) is 16.3. The van der Waals surface area contributed by atoms with Crippen molar-refractivity contribution in [1.82, 2.24) is 10.4 Å². The Balaban J connectivity index is 1.51. The molecule has 4 fully saturated rings. The van der Waals surface area contributed by atoms with Gasteiger partial charge in [-0.3, -0.25) is 19.8 Å². The van der Waals surface area contributed by atoms with Gasteiger partial charge in [0.2, 0.25) is 5.91 Å². The molecule has 7 atom stereocenters. The van der Waals surface area contributed by atoms with E-state index in [0.717, 1.165) is 57.1 Å². The molecule has 6 nitrogen and oxygen atoms in total. The van der Waals surface area contributed by atoms with Gasteiger partial charge in [0.15, 0.2) is 11.6 Å². The fraction of sp³-hybridized carbons (Fsp3) is 0.758.